The molecule has 0 aliphatic carbocycles. The molecule has 0 radical (unpaired) electrons. The van der Waals surface area contributed by atoms with E-state index >= 15 is 0 Å². The summed E-state index contributed by atoms with van der Waals surface area (Å²) in [6.07, 6.45) is 1.61. The molecule has 0 spiro atoms. The van der Waals surface area contributed by atoms with Gasteiger partial charge in [-0.2, -0.15) is 0 Å². The van der Waals surface area contributed by atoms with E-state index < -0.39 is 23.5 Å². The zero-order chi connectivity index (χ0) is 25.4. The van der Waals surface area contributed by atoms with Crippen LogP contribution in [0.1, 0.15) is 48.8 Å². The molecule has 36 heavy (non-hydrogen) atoms. The molecule has 0 saturated carbocycles. The van der Waals surface area contributed by atoms with Crippen LogP contribution in [0.5, 0.6) is 0 Å². The zero-order valence-corrected chi connectivity index (χ0v) is 21.1. The molecule has 3 aromatic rings. The molecule has 1 N–H and O–H groups in total. The van der Waals surface area contributed by atoms with Crippen LogP contribution < -0.4 is 4.90 Å². The number of hydrogen-bond acceptors (Lipinski definition) is 6. The number of amides is 1. The molecule has 7 nitrogen and oxygen atoms in total. The van der Waals surface area contributed by atoms with Crippen molar-refractivity contribution in [3.63, 3.8) is 0 Å². The number of halogens is 1. The van der Waals surface area contributed by atoms with E-state index in [0.717, 1.165) is 37.2 Å². The molecule has 8 heteroatoms. The second kappa shape index (κ2) is 9.99. The van der Waals surface area contributed by atoms with Crippen molar-refractivity contribution in [3.05, 3.63) is 76.2 Å². The predicted molar refractivity (Wildman–Crippen MR) is 139 cm³/mol. The topological polar surface area (TPSA) is 83.2 Å². The minimum atomic E-state index is -0.753. The number of ether oxygens (including phenoxy) is 1. The van der Waals surface area contributed by atoms with E-state index in [9.17, 15) is 14.7 Å². The lowest BCUT2D eigenvalue weighted by molar-refractivity contribution is -0.131. The Morgan fingerprint density at radius 1 is 1.14 bits per heavy atom. The highest BCUT2D eigenvalue weighted by atomic mass is 35.5. The van der Waals surface area contributed by atoms with Crippen molar-refractivity contribution >= 4 is 39.9 Å². The number of aliphatic hydroxyl groups excluding tert-OH is 1. The fraction of sp³-hybridized carbons (Fsp3) is 0.357. The third kappa shape index (κ3) is 4.38. The first-order valence-electron chi connectivity index (χ1n) is 12.4. The summed E-state index contributed by atoms with van der Waals surface area (Å²) in [6, 6.07) is 13.7. The lowest BCUT2D eigenvalue weighted by atomic mass is 9.94. The molecule has 0 bridgehead atoms. The molecule has 1 saturated heterocycles. The van der Waals surface area contributed by atoms with E-state index in [4.69, 9.17) is 20.8 Å². The smallest absolute Gasteiger partial charge is 0.290 e. The van der Waals surface area contributed by atoms with Crippen molar-refractivity contribution < 1.29 is 23.8 Å². The van der Waals surface area contributed by atoms with Crippen LogP contribution >= 0.6 is 11.6 Å². The minimum absolute atomic E-state index is 0.0127. The van der Waals surface area contributed by atoms with Crippen LogP contribution in [0.3, 0.4) is 0 Å². The Morgan fingerprint density at radius 2 is 1.89 bits per heavy atom. The van der Waals surface area contributed by atoms with Gasteiger partial charge in [0.05, 0.1) is 17.7 Å². The molecule has 2 unspecified atom stereocenters. The van der Waals surface area contributed by atoms with Gasteiger partial charge >= 0.3 is 0 Å². The second-order valence-electron chi connectivity index (χ2n) is 9.14. The highest BCUT2D eigenvalue weighted by Crippen LogP contribution is 2.41. The standard InChI is InChI=1S/C28H29ClN2O5/c1-3-30(4-2)20-10-7-17(8-11-20)25-24(27(33)28(34)31(25)16-21-6-5-13-35-21)26(32)23-15-18-14-19(29)9-12-22(18)36-23/h7-12,14-15,21,25,33H,3-6,13,16H2,1-2H3. The number of hydrogen-bond donors (Lipinski definition) is 1. The number of rotatable bonds is 8. The number of ketones is 1. The molecule has 1 fully saturated rings. The molecule has 1 aromatic heterocycles. The average Bonchev–Trinajstić information content (AvgIpc) is 3.60. The number of benzene rings is 2. The summed E-state index contributed by atoms with van der Waals surface area (Å²) in [4.78, 5) is 30.8. The Bertz CT molecular complexity index is 1320. The van der Waals surface area contributed by atoms with Gasteiger partial charge in [0.2, 0.25) is 5.78 Å². The van der Waals surface area contributed by atoms with Crippen molar-refractivity contribution in [1.82, 2.24) is 4.90 Å². The third-order valence-corrected chi connectivity index (χ3v) is 7.25. The van der Waals surface area contributed by atoms with Crippen molar-refractivity contribution in [2.75, 3.05) is 31.1 Å². The maximum Gasteiger partial charge on any atom is 0.290 e. The Balaban J connectivity index is 1.55. The van der Waals surface area contributed by atoms with Gasteiger partial charge in [-0.25, -0.2) is 0 Å². The van der Waals surface area contributed by atoms with Gasteiger partial charge in [-0.15, -0.1) is 0 Å². The number of aliphatic hydroxyl groups is 1. The largest absolute Gasteiger partial charge is 0.503 e. The second-order valence-corrected chi connectivity index (χ2v) is 9.58. The summed E-state index contributed by atoms with van der Waals surface area (Å²) in [5.74, 6) is -1.61. The van der Waals surface area contributed by atoms with Crippen LogP contribution in [-0.2, 0) is 9.53 Å². The maximum atomic E-state index is 13.7. The van der Waals surface area contributed by atoms with E-state index in [1.54, 1.807) is 29.2 Å². The number of carbonyl (C=O) groups is 2. The van der Waals surface area contributed by atoms with Crippen molar-refractivity contribution in [2.24, 2.45) is 0 Å². The van der Waals surface area contributed by atoms with E-state index in [2.05, 4.69) is 18.7 Å². The Morgan fingerprint density at radius 3 is 2.56 bits per heavy atom. The summed E-state index contributed by atoms with van der Waals surface area (Å²) in [5.41, 5.74) is 2.31. The normalized spacial score (nSPS) is 20.1. The SMILES string of the molecule is CCN(CC)c1ccc(C2C(C(=O)c3cc4cc(Cl)ccc4o3)=C(O)C(=O)N2CC2CCCO2)cc1. The quantitative estimate of drug-likeness (QED) is 0.393. The molecule has 2 aromatic carbocycles. The Hall–Kier alpha value is -3.29. The van der Waals surface area contributed by atoms with E-state index in [-0.39, 0.29) is 24.0 Å². The fourth-order valence-electron chi connectivity index (χ4n) is 5.14. The first-order chi connectivity index (χ1) is 17.4. The molecule has 2 atom stereocenters. The summed E-state index contributed by atoms with van der Waals surface area (Å²) >= 11 is 6.09. The van der Waals surface area contributed by atoms with Crippen LogP contribution in [0, 0.1) is 0 Å². The molecule has 188 valence electrons. The number of fused-ring (bicyclic) bond motifs is 1. The van der Waals surface area contributed by atoms with Gasteiger partial charge in [0.15, 0.2) is 11.5 Å². The van der Waals surface area contributed by atoms with E-state index in [1.807, 2.05) is 24.3 Å². The van der Waals surface area contributed by atoms with Crippen LogP contribution in [0.4, 0.5) is 5.69 Å². The maximum absolute atomic E-state index is 13.7. The van der Waals surface area contributed by atoms with Gasteiger partial charge in [0.1, 0.15) is 5.58 Å². The molecular formula is C28H29ClN2O5. The summed E-state index contributed by atoms with van der Waals surface area (Å²) < 4.78 is 11.6. The van der Waals surface area contributed by atoms with Crippen molar-refractivity contribution in [2.45, 2.75) is 38.8 Å². The lowest BCUT2D eigenvalue weighted by Gasteiger charge is -2.29. The number of nitrogens with zero attached hydrogens (tertiary/aromatic N) is 2. The monoisotopic (exact) mass is 508 g/mol. The number of Topliss-reactive ketones (excluding diaryl/α,β-unsaturated/α-hetero) is 1. The number of anilines is 1. The highest BCUT2D eigenvalue weighted by molar-refractivity contribution is 6.31. The molecule has 3 heterocycles. The highest BCUT2D eigenvalue weighted by Gasteiger charge is 2.45. The molecular weight excluding hydrogens is 480 g/mol. The summed E-state index contributed by atoms with van der Waals surface area (Å²) in [7, 11) is 0. The van der Waals surface area contributed by atoms with Gasteiger partial charge in [0.25, 0.3) is 5.91 Å². The third-order valence-electron chi connectivity index (χ3n) is 7.01. The van der Waals surface area contributed by atoms with Gasteiger partial charge in [0, 0.05) is 42.3 Å². The van der Waals surface area contributed by atoms with E-state index in [1.165, 1.54) is 0 Å². The lowest BCUT2D eigenvalue weighted by Crippen LogP contribution is -2.37. The summed E-state index contributed by atoms with van der Waals surface area (Å²) in [5, 5.41) is 12.2. The van der Waals surface area contributed by atoms with Gasteiger partial charge in [-0.05, 0) is 68.7 Å². The van der Waals surface area contributed by atoms with Crippen molar-refractivity contribution in [1.29, 1.82) is 0 Å². The average molecular weight is 509 g/mol. The molecule has 2 aliphatic rings. The summed E-state index contributed by atoms with van der Waals surface area (Å²) in [6.45, 7) is 6.84. The van der Waals surface area contributed by atoms with Crippen LogP contribution in [0.25, 0.3) is 11.0 Å². The predicted octanol–water partition coefficient (Wildman–Crippen LogP) is 5.69. The molecule has 5 rings (SSSR count). The van der Waals surface area contributed by atoms with Crippen LogP contribution in [0.15, 0.2) is 64.3 Å². The zero-order valence-electron chi connectivity index (χ0n) is 20.4. The molecule has 2 aliphatic heterocycles. The van der Waals surface area contributed by atoms with Gasteiger partial charge in [-0.3, -0.25) is 9.59 Å². The van der Waals surface area contributed by atoms with Crippen LogP contribution in [-0.4, -0.2) is 54.0 Å². The van der Waals surface area contributed by atoms with Gasteiger partial charge < -0.3 is 24.1 Å². The number of furan rings is 1. The first-order valence-corrected chi connectivity index (χ1v) is 12.7. The van der Waals surface area contributed by atoms with Crippen molar-refractivity contribution in [3.8, 4) is 0 Å². The molecule has 1 amide bonds. The first kappa shape index (κ1) is 24.4. The fourth-order valence-corrected chi connectivity index (χ4v) is 5.32. The van der Waals surface area contributed by atoms with Gasteiger partial charge in [-0.1, -0.05) is 23.7 Å². The Labute approximate surface area is 214 Å². The van der Waals surface area contributed by atoms with Crippen LogP contribution in [0.2, 0.25) is 5.02 Å². The number of carbonyl (C=O) groups excluding carboxylic acids is 2. The van der Waals surface area contributed by atoms with E-state index in [0.29, 0.717) is 22.6 Å². The minimum Gasteiger partial charge on any atom is -0.503 e. The Kier molecular flexibility index (Phi) is 6.77.